The smallest absolute Gasteiger partial charge is 0.130 e. The van der Waals surface area contributed by atoms with E-state index in [2.05, 4.69) is 15.9 Å². The third kappa shape index (κ3) is 4.98. The van der Waals surface area contributed by atoms with Gasteiger partial charge in [0.15, 0.2) is 0 Å². The van der Waals surface area contributed by atoms with Crippen LogP contribution in [0.1, 0.15) is 18.4 Å². The van der Waals surface area contributed by atoms with Crippen molar-refractivity contribution in [3.63, 3.8) is 0 Å². The predicted molar refractivity (Wildman–Crippen MR) is 72.2 cm³/mol. The highest BCUT2D eigenvalue weighted by molar-refractivity contribution is 9.10. The van der Waals surface area contributed by atoms with Crippen LogP contribution in [0.2, 0.25) is 0 Å². The van der Waals surface area contributed by atoms with Gasteiger partial charge in [0.05, 0.1) is 6.61 Å². The summed E-state index contributed by atoms with van der Waals surface area (Å²) in [5, 5.41) is 0. The number of methoxy groups -OCH3 is 1. The number of ether oxygens (including phenoxy) is 1. The van der Waals surface area contributed by atoms with Crippen LogP contribution in [-0.2, 0) is 4.74 Å². The minimum absolute atomic E-state index is 0.227. The van der Waals surface area contributed by atoms with E-state index < -0.39 is 0 Å². The first-order valence-electron chi connectivity index (χ1n) is 5.51. The van der Waals surface area contributed by atoms with E-state index in [1.165, 1.54) is 6.07 Å². The molecule has 1 rings (SSSR count). The lowest BCUT2D eigenvalue weighted by Gasteiger charge is -2.07. The van der Waals surface area contributed by atoms with E-state index in [1.54, 1.807) is 19.2 Å². The second-order valence-corrected chi connectivity index (χ2v) is 4.71. The molecule has 0 aliphatic rings. The molecule has 1 aromatic rings. The summed E-state index contributed by atoms with van der Waals surface area (Å²) in [6.45, 7) is 1.13. The lowest BCUT2D eigenvalue weighted by atomic mass is 10.1. The van der Waals surface area contributed by atoms with Crippen LogP contribution in [0.5, 0.6) is 0 Å². The maximum absolute atomic E-state index is 13.6. The Morgan fingerprint density at radius 2 is 2.29 bits per heavy atom. The molecule has 0 aliphatic heterocycles. The third-order valence-electron chi connectivity index (χ3n) is 2.35. The zero-order chi connectivity index (χ0) is 12.7. The fraction of sp³-hybridized carbons (Fsp3) is 0.385. The topological polar surface area (TPSA) is 35.2 Å². The molecule has 0 unspecified atom stereocenters. The molecule has 0 amide bonds. The fourth-order valence-electron chi connectivity index (χ4n) is 1.55. The maximum Gasteiger partial charge on any atom is 0.130 e. The van der Waals surface area contributed by atoms with E-state index in [1.807, 2.05) is 6.08 Å². The molecule has 0 saturated heterocycles. The Morgan fingerprint density at radius 1 is 1.53 bits per heavy atom. The molecule has 0 aromatic heterocycles. The molecule has 4 heteroatoms. The highest BCUT2D eigenvalue weighted by Crippen LogP contribution is 2.19. The van der Waals surface area contributed by atoms with Crippen LogP contribution in [0.15, 0.2) is 28.2 Å². The van der Waals surface area contributed by atoms with Crippen molar-refractivity contribution in [1.82, 2.24) is 0 Å². The quantitative estimate of drug-likeness (QED) is 0.874. The lowest BCUT2D eigenvalue weighted by molar-refractivity contribution is 0.223. The molecule has 2 nitrogen and oxygen atoms in total. The summed E-state index contributed by atoms with van der Waals surface area (Å²) in [5.41, 5.74) is 7.09. The Morgan fingerprint density at radius 3 is 2.94 bits per heavy atom. The molecular formula is C13H17BrFNO. The molecule has 0 fully saturated rings. The summed E-state index contributed by atoms with van der Waals surface area (Å²) in [7, 11) is 1.63. The van der Waals surface area contributed by atoms with E-state index >= 15 is 0 Å². The normalized spacial score (nSPS) is 11.9. The number of halogens is 2. The minimum Gasteiger partial charge on any atom is -0.380 e. The summed E-state index contributed by atoms with van der Waals surface area (Å²) in [5.74, 6) is -0.227. The SMILES string of the molecule is COC/C(=C/c1cc(Br)ccc1F)CCCN. The van der Waals surface area contributed by atoms with Crippen LogP contribution in [0.25, 0.3) is 6.08 Å². The van der Waals surface area contributed by atoms with Crippen LogP contribution >= 0.6 is 15.9 Å². The van der Waals surface area contributed by atoms with Gasteiger partial charge in [-0.3, -0.25) is 0 Å². The molecule has 0 saturated carbocycles. The van der Waals surface area contributed by atoms with Gasteiger partial charge in [0.1, 0.15) is 5.82 Å². The van der Waals surface area contributed by atoms with E-state index in [-0.39, 0.29) is 5.82 Å². The molecule has 0 spiro atoms. The number of nitrogens with two attached hydrogens (primary N) is 1. The summed E-state index contributed by atoms with van der Waals surface area (Å²) in [6.07, 6.45) is 3.54. The molecule has 0 radical (unpaired) electrons. The molecule has 17 heavy (non-hydrogen) atoms. The van der Waals surface area contributed by atoms with Gasteiger partial charge in [-0.2, -0.15) is 0 Å². The van der Waals surface area contributed by atoms with Crippen LogP contribution in [0.3, 0.4) is 0 Å². The Hall–Kier alpha value is -0.710. The van der Waals surface area contributed by atoms with Gasteiger partial charge in [-0.25, -0.2) is 4.39 Å². The third-order valence-corrected chi connectivity index (χ3v) is 2.84. The average Bonchev–Trinajstić information content (AvgIpc) is 2.31. The zero-order valence-electron chi connectivity index (χ0n) is 9.88. The van der Waals surface area contributed by atoms with Gasteiger partial charge in [0, 0.05) is 17.1 Å². The molecule has 0 bridgehead atoms. The lowest BCUT2D eigenvalue weighted by Crippen LogP contribution is -2.02. The molecule has 0 heterocycles. The average molecular weight is 302 g/mol. The Labute approximate surface area is 110 Å². The number of hydrogen-bond donors (Lipinski definition) is 1. The van der Waals surface area contributed by atoms with Crippen molar-refractivity contribution in [2.75, 3.05) is 20.3 Å². The molecule has 0 atom stereocenters. The maximum atomic E-state index is 13.6. The number of hydrogen-bond acceptors (Lipinski definition) is 2. The summed E-state index contributed by atoms with van der Waals surface area (Å²) in [6, 6.07) is 4.89. The van der Waals surface area contributed by atoms with E-state index in [4.69, 9.17) is 10.5 Å². The van der Waals surface area contributed by atoms with Crippen molar-refractivity contribution >= 4 is 22.0 Å². The van der Waals surface area contributed by atoms with Crippen LogP contribution in [-0.4, -0.2) is 20.3 Å². The van der Waals surface area contributed by atoms with Crippen molar-refractivity contribution in [2.24, 2.45) is 5.73 Å². The van der Waals surface area contributed by atoms with E-state index in [9.17, 15) is 4.39 Å². The van der Waals surface area contributed by atoms with Crippen LogP contribution < -0.4 is 5.73 Å². The van der Waals surface area contributed by atoms with Crippen molar-refractivity contribution in [3.05, 3.63) is 39.6 Å². The summed E-state index contributed by atoms with van der Waals surface area (Å²) in [4.78, 5) is 0. The van der Waals surface area contributed by atoms with Gasteiger partial charge in [-0.05, 0) is 43.2 Å². The first kappa shape index (κ1) is 14.4. The van der Waals surface area contributed by atoms with Gasteiger partial charge in [0.2, 0.25) is 0 Å². The first-order chi connectivity index (χ1) is 8.17. The predicted octanol–water partition coefficient (Wildman–Crippen LogP) is 3.36. The second kappa shape index (κ2) is 7.58. The second-order valence-electron chi connectivity index (χ2n) is 3.79. The minimum atomic E-state index is -0.227. The van der Waals surface area contributed by atoms with Crippen molar-refractivity contribution in [2.45, 2.75) is 12.8 Å². The van der Waals surface area contributed by atoms with Crippen molar-refractivity contribution in [3.8, 4) is 0 Å². The highest BCUT2D eigenvalue weighted by atomic mass is 79.9. The Kier molecular flexibility index (Phi) is 6.40. The summed E-state index contributed by atoms with van der Waals surface area (Å²) >= 11 is 3.33. The zero-order valence-corrected chi connectivity index (χ0v) is 11.5. The van der Waals surface area contributed by atoms with E-state index in [0.717, 1.165) is 22.9 Å². The van der Waals surface area contributed by atoms with Crippen LogP contribution in [0, 0.1) is 5.82 Å². The van der Waals surface area contributed by atoms with Gasteiger partial charge in [0.25, 0.3) is 0 Å². The number of benzene rings is 1. The highest BCUT2D eigenvalue weighted by Gasteiger charge is 2.03. The van der Waals surface area contributed by atoms with Crippen molar-refractivity contribution in [1.29, 1.82) is 0 Å². The summed E-state index contributed by atoms with van der Waals surface area (Å²) < 4.78 is 19.5. The monoisotopic (exact) mass is 301 g/mol. The number of rotatable bonds is 6. The van der Waals surface area contributed by atoms with Gasteiger partial charge >= 0.3 is 0 Å². The molecule has 1 aromatic carbocycles. The van der Waals surface area contributed by atoms with Gasteiger partial charge < -0.3 is 10.5 Å². The largest absolute Gasteiger partial charge is 0.380 e. The van der Waals surface area contributed by atoms with E-state index in [0.29, 0.717) is 18.7 Å². The molecule has 94 valence electrons. The molecular weight excluding hydrogens is 285 g/mol. The van der Waals surface area contributed by atoms with Crippen LogP contribution in [0.4, 0.5) is 4.39 Å². The molecule has 2 N–H and O–H groups in total. The van der Waals surface area contributed by atoms with Gasteiger partial charge in [-0.15, -0.1) is 0 Å². The Bertz CT molecular complexity index is 393. The Balaban J connectivity index is 2.90. The van der Waals surface area contributed by atoms with Crippen molar-refractivity contribution < 1.29 is 9.13 Å². The standard InChI is InChI=1S/C13H17BrFNO/c1-17-9-10(3-2-6-16)7-11-8-12(14)4-5-13(11)15/h4-5,7-8H,2-3,6,9,16H2,1H3/b10-7+. The first-order valence-corrected chi connectivity index (χ1v) is 6.30. The van der Waals surface area contributed by atoms with Gasteiger partial charge in [-0.1, -0.05) is 22.0 Å². The molecule has 0 aliphatic carbocycles. The fourth-order valence-corrected chi connectivity index (χ4v) is 1.92.